The van der Waals surface area contributed by atoms with E-state index in [1.165, 1.54) is 5.56 Å². The van der Waals surface area contributed by atoms with Gasteiger partial charge >= 0.3 is 12.1 Å². The third-order valence-corrected chi connectivity index (χ3v) is 5.88. The van der Waals surface area contributed by atoms with Gasteiger partial charge in [-0.1, -0.05) is 30.3 Å². The van der Waals surface area contributed by atoms with E-state index < -0.39 is 12.1 Å². The highest BCUT2D eigenvalue weighted by Gasteiger charge is 2.39. The fraction of sp³-hybridized carbons (Fsp3) is 0.560. The molecule has 9 nitrogen and oxygen atoms in total. The molecule has 0 radical (unpaired) electrons. The molecule has 0 bridgehead atoms. The van der Waals surface area contributed by atoms with Gasteiger partial charge in [-0.2, -0.15) is 13.2 Å². The number of halogens is 3. The number of imidazole rings is 1. The van der Waals surface area contributed by atoms with Crippen LogP contribution in [0.15, 0.2) is 36.7 Å². The summed E-state index contributed by atoms with van der Waals surface area (Å²) >= 11 is 0. The molecule has 1 aliphatic heterocycles. The van der Waals surface area contributed by atoms with Crippen LogP contribution in [0, 0.1) is 0 Å². The molecular formula is C25H35F3N4O5. The van der Waals surface area contributed by atoms with Crippen LogP contribution in [-0.4, -0.2) is 89.6 Å². The van der Waals surface area contributed by atoms with E-state index in [0.29, 0.717) is 26.3 Å². The molecule has 12 heteroatoms. The first-order valence-electron chi connectivity index (χ1n) is 11.9. The molecule has 3 rings (SSSR count). The maximum Gasteiger partial charge on any atom is 0.490 e. The number of carbonyl (C=O) groups excluding carboxylic acids is 1. The Hall–Kier alpha value is -2.96. The van der Waals surface area contributed by atoms with Crippen molar-refractivity contribution in [1.29, 1.82) is 0 Å². The maximum absolute atomic E-state index is 13.9. The van der Waals surface area contributed by atoms with Crippen molar-refractivity contribution in [2.45, 2.75) is 45.1 Å². The van der Waals surface area contributed by atoms with Gasteiger partial charge in [-0.25, -0.2) is 9.78 Å². The van der Waals surface area contributed by atoms with Crippen molar-refractivity contribution in [1.82, 2.24) is 19.4 Å². The van der Waals surface area contributed by atoms with E-state index in [0.717, 1.165) is 30.9 Å². The van der Waals surface area contributed by atoms with E-state index in [1.54, 1.807) is 14.2 Å². The van der Waals surface area contributed by atoms with Crippen LogP contribution >= 0.6 is 0 Å². The molecule has 0 saturated heterocycles. The summed E-state index contributed by atoms with van der Waals surface area (Å²) in [6.45, 7) is 7.87. The lowest BCUT2D eigenvalue weighted by molar-refractivity contribution is -0.192. The normalized spacial score (nSPS) is 15.6. The Morgan fingerprint density at radius 3 is 2.19 bits per heavy atom. The number of methoxy groups -OCH3 is 2. The Kier molecular flexibility index (Phi) is 11.5. The lowest BCUT2D eigenvalue weighted by atomic mass is 9.99. The van der Waals surface area contributed by atoms with Gasteiger partial charge in [0.1, 0.15) is 6.04 Å². The topological polar surface area (TPSA) is 97.1 Å². The molecule has 0 saturated carbocycles. The Balaban J connectivity index is 0.000000604. The number of alkyl halides is 3. The zero-order valence-corrected chi connectivity index (χ0v) is 21.6. The van der Waals surface area contributed by atoms with E-state index in [2.05, 4.69) is 40.4 Å². The molecule has 1 aromatic heterocycles. The van der Waals surface area contributed by atoms with Crippen LogP contribution in [0.2, 0.25) is 0 Å². The van der Waals surface area contributed by atoms with Gasteiger partial charge < -0.3 is 24.0 Å². The molecule has 2 aromatic rings. The Bertz CT molecular complexity index is 990. The molecular weight excluding hydrogens is 493 g/mol. The number of fused-ring (bicyclic) bond motifs is 1. The average Bonchev–Trinajstić information content (AvgIpc) is 3.29. The van der Waals surface area contributed by atoms with Crippen LogP contribution in [0.5, 0.6) is 0 Å². The summed E-state index contributed by atoms with van der Waals surface area (Å²) in [4.78, 5) is 31.6. The molecule has 1 unspecified atom stereocenters. The highest BCUT2D eigenvalue weighted by atomic mass is 19.4. The smallest absolute Gasteiger partial charge is 0.475 e. The van der Waals surface area contributed by atoms with E-state index >= 15 is 0 Å². The summed E-state index contributed by atoms with van der Waals surface area (Å²) in [5.74, 6) is -2.67. The first kappa shape index (κ1) is 30.3. The molecule has 0 aliphatic carbocycles. The number of amides is 1. The highest BCUT2D eigenvalue weighted by molar-refractivity contribution is 5.83. The standard InChI is InChI=1S/C23H34N4O3.C2HF3O2/c1-18(2)27-17-24-20-10-11-26(16-19-8-6-5-7-9-19)22(21(20)27)23(28)25(12-14-29-3)13-15-30-4;3-2(4,5)1(6)7/h5-9,17-18,22H,10-16H2,1-4H3;(H,6,7). The predicted octanol–water partition coefficient (Wildman–Crippen LogP) is 3.32. The molecule has 37 heavy (non-hydrogen) atoms. The van der Waals surface area contributed by atoms with E-state index in [4.69, 9.17) is 19.4 Å². The number of carboxylic acid groups (broad SMARTS) is 1. The van der Waals surface area contributed by atoms with Gasteiger partial charge in [-0.05, 0) is 19.4 Å². The summed E-state index contributed by atoms with van der Waals surface area (Å²) in [5, 5.41) is 7.12. The zero-order chi connectivity index (χ0) is 27.6. The highest BCUT2D eigenvalue weighted by Crippen LogP contribution is 2.34. The number of aromatic nitrogens is 2. The van der Waals surface area contributed by atoms with Gasteiger partial charge in [0.2, 0.25) is 5.91 Å². The number of nitrogens with zero attached hydrogens (tertiary/aromatic N) is 4. The van der Waals surface area contributed by atoms with Crippen molar-refractivity contribution in [2.75, 3.05) is 47.1 Å². The van der Waals surface area contributed by atoms with Gasteiger partial charge in [0.25, 0.3) is 0 Å². The fourth-order valence-electron chi connectivity index (χ4n) is 4.03. The Morgan fingerprint density at radius 1 is 1.14 bits per heavy atom. The van der Waals surface area contributed by atoms with Crippen molar-refractivity contribution < 1.29 is 37.3 Å². The number of ether oxygens (including phenoxy) is 2. The molecule has 1 amide bonds. The third-order valence-electron chi connectivity index (χ3n) is 5.88. The van der Waals surface area contributed by atoms with E-state index in [-0.39, 0.29) is 18.0 Å². The lowest BCUT2D eigenvalue weighted by Crippen LogP contribution is -2.48. The Morgan fingerprint density at radius 2 is 1.70 bits per heavy atom. The number of aliphatic carboxylic acids is 1. The van der Waals surface area contributed by atoms with Gasteiger partial charge in [0.15, 0.2) is 0 Å². The van der Waals surface area contributed by atoms with Crippen LogP contribution in [0.4, 0.5) is 13.2 Å². The van der Waals surface area contributed by atoms with Crippen LogP contribution in [-0.2, 0) is 32.0 Å². The van der Waals surface area contributed by atoms with E-state index in [1.807, 2.05) is 29.4 Å². The number of carboxylic acids is 1. The number of hydrogen-bond donors (Lipinski definition) is 1. The van der Waals surface area contributed by atoms with Crippen LogP contribution < -0.4 is 0 Å². The molecule has 2 heterocycles. The maximum atomic E-state index is 13.9. The van der Waals surface area contributed by atoms with E-state index in [9.17, 15) is 18.0 Å². The van der Waals surface area contributed by atoms with Crippen molar-refractivity contribution in [3.63, 3.8) is 0 Å². The predicted molar refractivity (Wildman–Crippen MR) is 130 cm³/mol. The number of benzene rings is 1. The molecule has 1 aromatic carbocycles. The molecule has 1 aliphatic rings. The molecule has 0 fully saturated rings. The summed E-state index contributed by atoms with van der Waals surface area (Å²) in [7, 11) is 3.32. The van der Waals surface area contributed by atoms with Gasteiger partial charge in [-0.15, -0.1) is 0 Å². The summed E-state index contributed by atoms with van der Waals surface area (Å²) in [6, 6.07) is 10.2. The van der Waals surface area contributed by atoms with Crippen LogP contribution in [0.3, 0.4) is 0 Å². The van der Waals surface area contributed by atoms with Crippen molar-refractivity contribution in [2.24, 2.45) is 0 Å². The fourth-order valence-corrected chi connectivity index (χ4v) is 4.03. The number of rotatable bonds is 10. The molecule has 1 atom stereocenters. The summed E-state index contributed by atoms with van der Waals surface area (Å²) < 4.78 is 44.4. The third kappa shape index (κ3) is 8.54. The molecule has 1 N–H and O–H groups in total. The summed E-state index contributed by atoms with van der Waals surface area (Å²) in [5.41, 5.74) is 3.26. The SMILES string of the molecule is COCCN(CCOC)C(=O)C1c2c(ncn2C(C)C)CCN1Cc1ccccc1.O=C(O)C(F)(F)F. The van der Waals surface area contributed by atoms with Crippen LogP contribution in [0.25, 0.3) is 0 Å². The van der Waals surface area contributed by atoms with Crippen molar-refractivity contribution in [3.05, 3.63) is 53.6 Å². The average molecular weight is 529 g/mol. The monoisotopic (exact) mass is 528 g/mol. The van der Waals surface area contributed by atoms with Crippen LogP contribution in [0.1, 0.15) is 42.9 Å². The lowest BCUT2D eigenvalue weighted by Gasteiger charge is -2.38. The first-order valence-corrected chi connectivity index (χ1v) is 11.9. The minimum absolute atomic E-state index is 0.0865. The largest absolute Gasteiger partial charge is 0.490 e. The number of hydrogen-bond acceptors (Lipinski definition) is 6. The Labute approximate surface area is 214 Å². The number of carbonyl (C=O) groups is 2. The first-order chi connectivity index (χ1) is 17.5. The molecule has 206 valence electrons. The second-order valence-electron chi connectivity index (χ2n) is 8.80. The van der Waals surface area contributed by atoms with Gasteiger partial charge in [0.05, 0.1) is 30.9 Å². The minimum Gasteiger partial charge on any atom is -0.475 e. The van der Waals surface area contributed by atoms with Gasteiger partial charge in [-0.3, -0.25) is 9.69 Å². The van der Waals surface area contributed by atoms with Gasteiger partial charge in [0, 0.05) is 52.9 Å². The second kappa shape index (κ2) is 14.1. The molecule has 0 spiro atoms. The quantitative estimate of drug-likeness (QED) is 0.505. The van der Waals surface area contributed by atoms with Crippen molar-refractivity contribution >= 4 is 11.9 Å². The zero-order valence-electron chi connectivity index (χ0n) is 21.6. The second-order valence-corrected chi connectivity index (χ2v) is 8.80. The van der Waals surface area contributed by atoms with Crippen molar-refractivity contribution in [3.8, 4) is 0 Å². The summed E-state index contributed by atoms with van der Waals surface area (Å²) in [6.07, 6.45) is -2.35. The minimum atomic E-state index is -5.08.